The molecule has 2 heterocycles. The van der Waals surface area contributed by atoms with Gasteiger partial charge in [0.25, 0.3) is 0 Å². The lowest BCUT2D eigenvalue weighted by Gasteiger charge is -2.37. The average Bonchev–Trinajstić information content (AvgIpc) is 3.10. The lowest BCUT2D eigenvalue weighted by Crippen LogP contribution is -2.51. The van der Waals surface area contributed by atoms with Crippen LogP contribution >= 0.6 is 11.6 Å². The van der Waals surface area contributed by atoms with Crippen LogP contribution in [0.3, 0.4) is 0 Å². The summed E-state index contributed by atoms with van der Waals surface area (Å²) in [6, 6.07) is 7.94. The van der Waals surface area contributed by atoms with Gasteiger partial charge in [-0.25, -0.2) is 0 Å². The van der Waals surface area contributed by atoms with E-state index in [1.807, 2.05) is 24.3 Å². The third-order valence-corrected chi connectivity index (χ3v) is 5.45. The Balaban J connectivity index is 1.54. The molecule has 0 aliphatic carbocycles. The Morgan fingerprint density at radius 2 is 1.96 bits per heavy atom. The summed E-state index contributed by atoms with van der Waals surface area (Å²) in [5.74, 6) is 0.597. The molecule has 25 heavy (non-hydrogen) atoms. The van der Waals surface area contributed by atoms with E-state index in [-0.39, 0.29) is 12.0 Å². The Hall–Kier alpha value is -1.50. The minimum atomic E-state index is -0.0511. The van der Waals surface area contributed by atoms with Crippen LogP contribution in [0.1, 0.15) is 12.8 Å². The first-order valence-corrected chi connectivity index (χ1v) is 9.24. The zero-order chi connectivity index (χ0) is 17.7. The van der Waals surface area contributed by atoms with E-state index in [2.05, 4.69) is 14.8 Å². The number of piperazine rings is 1. The van der Waals surface area contributed by atoms with E-state index in [9.17, 15) is 5.11 Å². The van der Waals surface area contributed by atoms with Crippen molar-refractivity contribution in [3.05, 3.63) is 29.3 Å². The Morgan fingerprint density at radius 3 is 2.56 bits per heavy atom. The summed E-state index contributed by atoms with van der Waals surface area (Å²) in [4.78, 5) is 9.09. The van der Waals surface area contributed by atoms with Crippen molar-refractivity contribution in [1.29, 1.82) is 0 Å². The zero-order valence-electron chi connectivity index (χ0n) is 14.5. The van der Waals surface area contributed by atoms with Crippen LogP contribution in [0.5, 0.6) is 0 Å². The summed E-state index contributed by atoms with van der Waals surface area (Å²) in [6.45, 7) is 5.70. The van der Waals surface area contributed by atoms with Crippen LogP contribution in [-0.2, 0) is 4.74 Å². The number of ether oxygens (including phenoxy) is 1. The summed E-state index contributed by atoms with van der Waals surface area (Å²) in [5, 5.41) is 10.1. The molecule has 2 aliphatic rings. The first kappa shape index (κ1) is 18.3. The molecule has 0 radical (unpaired) electrons. The van der Waals surface area contributed by atoms with Crippen LogP contribution in [0.25, 0.3) is 0 Å². The highest BCUT2D eigenvalue weighted by atomic mass is 35.5. The highest BCUT2D eigenvalue weighted by Gasteiger charge is 2.34. The maximum Gasteiger partial charge on any atom is 0.191 e. The molecule has 3 rings (SSSR count). The van der Waals surface area contributed by atoms with E-state index in [0.717, 1.165) is 44.2 Å². The van der Waals surface area contributed by atoms with E-state index in [1.54, 1.807) is 0 Å². The first-order valence-electron chi connectivity index (χ1n) is 8.86. The van der Waals surface area contributed by atoms with E-state index >= 15 is 0 Å². The number of halogens is 1. The Bertz CT molecular complexity index is 579. The van der Waals surface area contributed by atoms with Gasteiger partial charge in [0.2, 0.25) is 0 Å². The Kier molecular flexibility index (Phi) is 6.04. The lowest BCUT2D eigenvalue weighted by atomic mass is 9.84. The number of anilines is 1. The van der Waals surface area contributed by atoms with Crippen LogP contribution in [0.4, 0.5) is 5.69 Å². The molecule has 6 nitrogen and oxygen atoms in total. The summed E-state index contributed by atoms with van der Waals surface area (Å²) >= 11 is 5.95. The molecule has 0 amide bonds. The van der Waals surface area contributed by atoms with E-state index < -0.39 is 0 Å². The molecule has 0 aromatic heterocycles. The van der Waals surface area contributed by atoms with Crippen molar-refractivity contribution in [2.45, 2.75) is 12.8 Å². The van der Waals surface area contributed by atoms with Crippen molar-refractivity contribution in [1.82, 2.24) is 4.90 Å². The molecule has 2 saturated heterocycles. The van der Waals surface area contributed by atoms with Crippen LogP contribution in [-0.4, -0.2) is 68.5 Å². The number of hydrogen-bond acceptors (Lipinski definition) is 4. The van der Waals surface area contributed by atoms with Crippen LogP contribution < -0.4 is 10.6 Å². The quantitative estimate of drug-likeness (QED) is 0.611. The fourth-order valence-corrected chi connectivity index (χ4v) is 3.61. The largest absolute Gasteiger partial charge is 0.396 e. The van der Waals surface area contributed by atoms with Gasteiger partial charge in [-0.3, -0.25) is 4.99 Å². The van der Waals surface area contributed by atoms with Gasteiger partial charge in [0.1, 0.15) is 0 Å². The lowest BCUT2D eigenvalue weighted by molar-refractivity contribution is 0.131. The van der Waals surface area contributed by atoms with Crippen molar-refractivity contribution in [3.63, 3.8) is 0 Å². The van der Waals surface area contributed by atoms with Gasteiger partial charge in [0.15, 0.2) is 5.96 Å². The van der Waals surface area contributed by atoms with E-state index in [1.165, 1.54) is 5.69 Å². The third-order valence-electron chi connectivity index (χ3n) is 5.20. The van der Waals surface area contributed by atoms with Crippen molar-refractivity contribution in [2.75, 3.05) is 57.4 Å². The number of hydrogen-bond donors (Lipinski definition) is 2. The molecule has 0 spiro atoms. The predicted octanol–water partition coefficient (Wildman–Crippen LogP) is 1.57. The molecule has 7 heteroatoms. The van der Waals surface area contributed by atoms with Gasteiger partial charge in [-0.15, -0.1) is 0 Å². The zero-order valence-corrected chi connectivity index (χ0v) is 15.3. The Morgan fingerprint density at radius 1 is 1.24 bits per heavy atom. The average molecular weight is 367 g/mol. The highest BCUT2D eigenvalue weighted by Crippen LogP contribution is 2.32. The molecule has 138 valence electrons. The van der Waals surface area contributed by atoms with Gasteiger partial charge in [0.05, 0.1) is 13.2 Å². The number of aliphatic hydroxyl groups is 1. The number of rotatable bonds is 5. The molecule has 0 bridgehead atoms. The number of aliphatic hydroxyl groups excluding tert-OH is 1. The normalized spacial score (nSPS) is 24.8. The number of nitrogens with zero attached hydrogens (tertiary/aromatic N) is 3. The van der Waals surface area contributed by atoms with Crippen molar-refractivity contribution >= 4 is 23.2 Å². The number of nitrogens with two attached hydrogens (primary N) is 1. The molecule has 1 atom stereocenters. The van der Waals surface area contributed by atoms with Gasteiger partial charge in [-0.05, 0) is 37.1 Å². The molecule has 1 aromatic rings. The molecule has 3 N–H and O–H groups in total. The van der Waals surface area contributed by atoms with Crippen molar-refractivity contribution in [2.24, 2.45) is 16.1 Å². The van der Waals surface area contributed by atoms with Gasteiger partial charge in [0, 0.05) is 55.5 Å². The number of guanidine groups is 1. The highest BCUT2D eigenvalue weighted by molar-refractivity contribution is 6.30. The van der Waals surface area contributed by atoms with Crippen LogP contribution in [0.2, 0.25) is 5.02 Å². The molecule has 2 aliphatic heterocycles. The van der Waals surface area contributed by atoms with E-state index in [0.29, 0.717) is 25.5 Å². The number of benzene rings is 1. The fraction of sp³-hybridized carbons (Fsp3) is 0.611. The number of aliphatic imine (C=N–C) groups is 1. The minimum absolute atomic E-state index is 0.0511. The van der Waals surface area contributed by atoms with Crippen molar-refractivity contribution < 1.29 is 9.84 Å². The minimum Gasteiger partial charge on any atom is -0.396 e. The molecule has 1 unspecified atom stereocenters. The first-order chi connectivity index (χ1) is 12.1. The second-order valence-electron chi connectivity index (χ2n) is 6.90. The topological polar surface area (TPSA) is 74.3 Å². The fourth-order valence-electron chi connectivity index (χ4n) is 3.48. The summed E-state index contributed by atoms with van der Waals surface area (Å²) in [6.07, 6.45) is 1.66. The van der Waals surface area contributed by atoms with Gasteiger partial charge < -0.3 is 25.4 Å². The second kappa shape index (κ2) is 8.25. The monoisotopic (exact) mass is 366 g/mol. The summed E-state index contributed by atoms with van der Waals surface area (Å²) in [5.41, 5.74) is 7.36. The molecular weight excluding hydrogens is 340 g/mol. The Labute approximate surface area is 154 Å². The predicted molar refractivity (Wildman–Crippen MR) is 101 cm³/mol. The molecule has 1 aromatic carbocycles. The smallest absolute Gasteiger partial charge is 0.191 e. The van der Waals surface area contributed by atoms with Crippen molar-refractivity contribution in [3.8, 4) is 0 Å². The molecular formula is C18H27ClN4O2. The standard InChI is InChI=1S/C18H27ClN4O2/c19-15-1-3-16(4-2-15)22-7-9-23(10-8-22)17(20)21-13-18(5-11-24)6-12-25-14-18/h1-4,24H,5-14H2,(H2,20,21). The third kappa shape index (κ3) is 4.57. The maximum atomic E-state index is 9.30. The van der Waals surface area contributed by atoms with Crippen LogP contribution in [0, 0.1) is 5.41 Å². The van der Waals surface area contributed by atoms with E-state index in [4.69, 9.17) is 22.1 Å². The SMILES string of the molecule is NC(=NCC1(CCO)CCOC1)N1CCN(c2ccc(Cl)cc2)CC1. The van der Waals surface area contributed by atoms with Gasteiger partial charge in [-0.1, -0.05) is 11.6 Å². The van der Waals surface area contributed by atoms with Gasteiger partial charge >= 0.3 is 0 Å². The maximum absolute atomic E-state index is 9.30. The summed E-state index contributed by atoms with van der Waals surface area (Å²) < 4.78 is 5.51. The van der Waals surface area contributed by atoms with Crippen LogP contribution in [0.15, 0.2) is 29.3 Å². The summed E-state index contributed by atoms with van der Waals surface area (Å²) in [7, 11) is 0. The molecule has 0 saturated carbocycles. The second-order valence-corrected chi connectivity index (χ2v) is 7.34. The van der Waals surface area contributed by atoms with Gasteiger partial charge in [-0.2, -0.15) is 0 Å². The molecule has 2 fully saturated rings.